The van der Waals surface area contributed by atoms with Crippen LogP contribution in [0.25, 0.3) is 0 Å². The van der Waals surface area contributed by atoms with Crippen molar-refractivity contribution >= 4 is 33.2 Å². The van der Waals surface area contributed by atoms with Crippen LogP contribution in [0.3, 0.4) is 0 Å². The third-order valence-electron chi connectivity index (χ3n) is 3.26. The predicted molar refractivity (Wildman–Crippen MR) is 91.3 cm³/mol. The first-order chi connectivity index (χ1) is 11.2. The summed E-state index contributed by atoms with van der Waals surface area (Å²) in [5.41, 5.74) is 1.60. The fourth-order valence-corrected chi connectivity index (χ4v) is 3.92. The minimum atomic E-state index is -3.87. The fourth-order valence-electron chi connectivity index (χ4n) is 2.14. The summed E-state index contributed by atoms with van der Waals surface area (Å²) in [5.74, 6) is 0. The van der Waals surface area contributed by atoms with Crippen molar-refractivity contribution in [2.24, 2.45) is 0 Å². The average Bonchev–Trinajstić information content (AvgIpc) is 2.51. The molecule has 0 heterocycles. The largest absolute Gasteiger partial charge is 0.279 e. The van der Waals surface area contributed by atoms with Gasteiger partial charge in [0, 0.05) is 17.0 Å². The SMILES string of the molecule is Cc1cc(SC#N)cc(C)c1NS(=O)(=O)c1ccc([N+](=O)[O-])cc1. The molecule has 124 valence electrons. The van der Waals surface area contributed by atoms with Crippen molar-refractivity contribution in [3.8, 4) is 5.40 Å². The van der Waals surface area contributed by atoms with E-state index in [-0.39, 0.29) is 10.6 Å². The average molecular weight is 363 g/mol. The summed E-state index contributed by atoms with van der Waals surface area (Å²) >= 11 is 0.995. The lowest BCUT2D eigenvalue weighted by atomic mass is 10.1. The third-order valence-corrected chi connectivity index (χ3v) is 5.19. The Morgan fingerprint density at radius 1 is 1.17 bits per heavy atom. The van der Waals surface area contributed by atoms with Gasteiger partial charge in [0.1, 0.15) is 5.40 Å². The molecule has 0 radical (unpaired) electrons. The topological polar surface area (TPSA) is 113 Å². The molecule has 2 rings (SSSR count). The summed E-state index contributed by atoms with van der Waals surface area (Å²) in [6, 6.07) is 8.08. The number of nitro groups is 1. The van der Waals surface area contributed by atoms with Crippen LogP contribution in [0.2, 0.25) is 0 Å². The van der Waals surface area contributed by atoms with Gasteiger partial charge in [-0.2, -0.15) is 5.26 Å². The standard InChI is InChI=1S/C15H13N3O4S2/c1-10-7-13(23-9-16)8-11(2)15(10)17-24(21,22)14-5-3-12(4-6-14)18(19)20/h3-8,17H,1-2H3. The third kappa shape index (κ3) is 3.84. The number of sulfonamides is 1. The summed E-state index contributed by atoms with van der Waals surface area (Å²) in [4.78, 5) is 10.7. The number of hydrogen-bond acceptors (Lipinski definition) is 6. The maximum absolute atomic E-state index is 12.5. The van der Waals surface area contributed by atoms with Crippen molar-refractivity contribution in [3.05, 3.63) is 57.6 Å². The highest BCUT2D eigenvalue weighted by molar-refractivity contribution is 8.03. The Morgan fingerprint density at radius 3 is 2.17 bits per heavy atom. The predicted octanol–water partition coefficient (Wildman–Crippen LogP) is 3.59. The Kier molecular flexibility index (Phi) is 5.11. The summed E-state index contributed by atoms with van der Waals surface area (Å²) in [7, 11) is -3.87. The van der Waals surface area contributed by atoms with Gasteiger partial charge in [-0.3, -0.25) is 14.8 Å². The number of anilines is 1. The molecule has 7 nitrogen and oxygen atoms in total. The molecule has 0 aliphatic heterocycles. The molecule has 2 aromatic rings. The lowest BCUT2D eigenvalue weighted by Gasteiger charge is -2.14. The smallest absolute Gasteiger partial charge is 0.269 e. The second-order valence-corrected chi connectivity index (χ2v) is 7.52. The number of nitro benzene ring substituents is 1. The van der Waals surface area contributed by atoms with Crippen molar-refractivity contribution in [3.63, 3.8) is 0 Å². The molecule has 1 N–H and O–H groups in total. The van der Waals surface area contributed by atoms with Crippen LogP contribution >= 0.6 is 11.8 Å². The van der Waals surface area contributed by atoms with E-state index in [0.29, 0.717) is 16.8 Å². The van der Waals surface area contributed by atoms with Crippen LogP contribution in [-0.4, -0.2) is 13.3 Å². The van der Waals surface area contributed by atoms with E-state index in [1.54, 1.807) is 26.0 Å². The lowest BCUT2D eigenvalue weighted by Crippen LogP contribution is -2.14. The van der Waals surface area contributed by atoms with Crippen molar-refractivity contribution in [2.45, 2.75) is 23.6 Å². The number of thioether (sulfide) groups is 1. The van der Waals surface area contributed by atoms with Gasteiger partial charge >= 0.3 is 0 Å². The van der Waals surface area contributed by atoms with Gasteiger partial charge in [0.2, 0.25) is 0 Å². The van der Waals surface area contributed by atoms with Crippen molar-refractivity contribution < 1.29 is 13.3 Å². The van der Waals surface area contributed by atoms with E-state index >= 15 is 0 Å². The van der Waals surface area contributed by atoms with E-state index in [1.165, 1.54) is 12.1 Å². The molecule has 0 aliphatic rings. The zero-order valence-electron chi connectivity index (χ0n) is 12.8. The van der Waals surface area contributed by atoms with Crippen LogP contribution in [0.1, 0.15) is 11.1 Å². The number of nitrogens with zero attached hydrogens (tertiary/aromatic N) is 2. The molecule has 0 aromatic heterocycles. The molecule has 0 aliphatic carbocycles. The molecule has 0 amide bonds. The fraction of sp³-hybridized carbons (Fsp3) is 0.133. The molecule has 0 saturated carbocycles. The second kappa shape index (κ2) is 6.90. The normalized spacial score (nSPS) is 10.9. The summed E-state index contributed by atoms with van der Waals surface area (Å²) < 4.78 is 27.4. The highest BCUT2D eigenvalue weighted by Gasteiger charge is 2.18. The van der Waals surface area contributed by atoms with E-state index in [4.69, 9.17) is 5.26 Å². The van der Waals surface area contributed by atoms with Gasteiger partial charge < -0.3 is 0 Å². The molecule has 0 saturated heterocycles. The van der Waals surface area contributed by atoms with Gasteiger partial charge in [-0.25, -0.2) is 8.42 Å². The van der Waals surface area contributed by atoms with E-state index in [9.17, 15) is 18.5 Å². The van der Waals surface area contributed by atoms with Crippen LogP contribution < -0.4 is 4.72 Å². The van der Waals surface area contributed by atoms with E-state index < -0.39 is 14.9 Å². The molecule has 9 heteroatoms. The minimum Gasteiger partial charge on any atom is -0.279 e. The summed E-state index contributed by atoms with van der Waals surface area (Å²) in [5, 5.41) is 21.3. The first-order valence-corrected chi connectivity index (χ1v) is 8.99. The molecule has 0 spiro atoms. The zero-order chi connectivity index (χ0) is 17.9. The number of thiocyanates is 1. The highest BCUT2D eigenvalue weighted by Crippen LogP contribution is 2.29. The van der Waals surface area contributed by atoms with Crippen molar-refractivity contribution in [1.82, 2.24) is 0 Å². The van der Waals surface area contributed by atoms with Gasteiger partial charge in [0.05, 0.1) is 15.5 Å². The lowest BCUT2D eigenvalue weighted by molar-refractivity contribution is -0.384. The maximum Gasteiger partial charge on any atom is 0.269 e. The monoisotopic (exact) mass is 363 g/mol. The zero-order valence-corrected chi connectivity index (χ0v) is 14.4. The number of rotatable bonds is 5. The van der Waals surface area contributed by atoms with Crippen LogP contribution in [0.15, 0.2) is 46.2 Å². The Hall–Kier alpha value is -2.57. The minimum absolute atomic E-state index is 0.0672. The van der Waals surface area contributed by atoms with Crippen LogP contribution in [0.5, 0.6) is 0 Å². The Balaban J connectivity index is 2.36. The number of nitriles is 1. The summed E-state index contributed by atoms with van der Waals surface area (Å²) in [6.45, 7) is 3.48. The Morgan fingerprint density at radius 2 is 1.71 bits per heavy atom. The van der Waals surface area contributed by atoms with E-state index in [0.717, 1.165) is 28.8 Å². The second-order valence-electron chi connectivity index (χ2n) is 4.98. The molecule has 0 unspecified atom stereocenters. The van der Waals surface area contributed by atoms with Crippen LogP contribution in [0.4, 0.5) is 11.4 Å². The van der Waals surface area contributed by atoms with Gasteiger partial charge in [0.25, 0.3) is 15.7 Å². The summed E-state index contributed by atoms with van der Waals surface area (Å²) in [6.07, 6.45) is 0. The van der Waals surface area contributed by atoms with Crippen molar-refractivity contribution in [2.75, 3.05) is 4.72 Å². The number of benzene rings is 2. The number of non-ortho nitro benzene ring substituents is 1. The Bertz CT molecular complexity index is 909. The van der Waals surface area contributed by atoms with Gasteiger partial charge in [-0.1, -0.05) is 0 Å². The van der Waals surface area contributed by atoms with Crippen LogP contribution in [-0.2, 0) is 10.0 Å². The number of hydrogen-bond donors (Lipinski definition) is 1. The number of nitrogens with one attached hydrogen (secondary N) is 1. The van der Waals surface area contributed by atoms with Crippen molar-refractivity contribution in [1.29, 1.82) is 5.26 Å². The van der Waals surface area contributed by atoms with Crippen LogP contribution in [0, 0.1) is 34.6 Å². The first kappa shape index (κ1) is 17.8. The van der Waals surface area contributed by atoms with Gasteiger partial charge in [-0.05, 0) is 61.0 Å². The maximum atomic E-state index is 12.5. The van der Waals surface area contributed by atoms with Gasteiger partial charge in [0.15, 0.2) is 0 Å². The first-order valence-electron chi connectivity index (χ1n) is 6.69. The van der Waals surface area contributed by atoms with Gasteiger partial charge in [-0.15, -0.1) is 0 Å². The highest BCUT2D eigenvalue weighted by atomic mass is 32.2. The van der Waals surface area contributed by atoms with E-state index in [2.05, 4.69) is 4.72 Å². The molecular formula is C15H13N3O4S2. The molecular weight excluding hydrogens is 350 g/mol. The molecule has 0 fully saturated rings. The Labute approximate surface area is 143 Å². The molecule has 2 aromatic carbocycles. The van der Waals surface area contributed by atoms with E-state index in [1.807, 2.05) is 5.40 Å². The molecule has 24 heavy (non-hydrogen) atoms. The molecule has 0 bridgehead atoms. The molecule has 0 atom stereocenters. The quantitative estimate of drug-likeness (QED) is 0.376. The number of aryl methyl sites for hydroxylation is 2.